The zero-order valence-electron chi connectivity index (χ0n) is 18.5. The lowest BCUT2D eigenvalue weighted by Gasteiger charge is -2.12. The summed E-state index contributed by atoms with van der Waals surface area (Å²) in [6.45, 7) is 2.06. The molecule has 0 radical (unpaired) electrons. The third-order valence-electron chi connectivity index (χ3n) is 5.09. The number of rotatable bonds is 9. The summed E-state index contributed by atoms with van der Waals surface area (Å²) in [7, 11) is 1.63. The Morgan fingerprint density at radius 1 is 1.12 bits per heavy atom. The Balaban J connectivity index is 1.88. The summed E-state index contributed by atoms with van der Waals surface area (Å²) in [5.41, 5.74) is 3.49. The molecule has 0 atom stereocenters. The third kappa shape index (κ3) is 6.30. The van der Waals surface area contributed by atoms with Gasteiger partial charge in [0.1, 0.15) is 0 Å². The van der Waals surface area contributed by atoms with E-state index >= 15 is 0 Å². The first-order valence-corrected chi connectivity index (χ1v) is 11.4. The highest BCUT2D eigenvalue weighted by Gasteiger charge is 2.15. The maximum absolute atomic E-state index is 12.8. The monoisotopic (exact) mass is 466 g/mol. The van der Waals surface area contributed by atoms with Crippen molar-refractivity contribution < 1.29 is 14.7 Å². The number of nitrogens with zero attached hydrogens (tertiary/aromatic N) is 1. The van der Waals surface area contributed by atoms with Crippen LogP contribution in [0, 0.1) is 0 Å². The largest absolute Gasteiger partial charge is 0.478 e. The maximum atomic E-state index is 12.8. The van der Waals surface area contributed by atoms with Gasteiger partial charge in [-0.05, 0) is 42.6 Å². The molecule has 0 aliphatic carbocycles. The number of unbranched alkanes of at least 4 members (excludes halogenated alkanes) is 1. The molecule has 1 amide bonds. The number of benzene rings is 2. The Bertz CT molecular complexity index is 1190. The number of carbonyl (C=O) groups is 2. The van der Waals surface area contributed by atoms with Crippen LogP contribution >= 0.6 is 11.9 Å². The van der Waals surface area contributed by atoms with Crippen LogP contribution in [-0.2, 0) is 12.8 Å². The first-order chi connectivity index (χ1) is 15.9. The van der Waals surface area contributed by atoms with Crippen molar-refractivity contribution in [3.8, 4) is 11.1 Å². The second-order valence-electron chi connectivity index (χ2n) is 7.39. The molecule has 1 heterocycles. The Morgan fingerprint density at radius 2 is 1.85 bits per heavy atom. The maximum Gasteiger partial charge on any atom is 0.336 e. The van der Waals surface area contributed by atoms with Gasteiger partial charge in [-0.3, -0.25) is 24.6 Å². The average Bonchev–Trinajstić information content (AvgIpc) is 2.80. The summed E-state index contributed by atoms with van der Waals surface area (Å²) in [5, 5.41) is 11.6. The summed E-state index contributed by atoms with van der Waals surface area (Å²) in [6.07, 6.45) is 2.82. The SMILES string of the molecule is CCCCc1nc(NC(=O)SNC)[nH]c(=O)c1Cc1ccc(-c2ccccc2C(=O)O)cc1. The van der Waals surface area contributed by atoms with Crippen LogP contribution in [0.1, 0.15) is 46.9 Å². The Morgan fingerprint density at radius 3 is 2.52 bits per heavy atom. The topological polar surface area (TPSA) is 124 Å². The highest BCUT2D eigenvalue weighted by molar-refractivity contribution is 8.12. The highest BCUT2D eigenvalue weighted by Crippen LogP contribution is 2.25. The van der Waals surface area contributed by atoms with E-state index in [1.54, 1.807) is 31.3 Å². The lowest BCUT2D eigenvalue weighted by atomic mass is 9.96. The van der Waals surface area contributed by atoms with E-state index in [-0.39, 0.29) is 22.3 Å². The van der Waals surface area contributed by atoms with Crippen molar-refractivity contribution >= 4 is 29.1 Å². The van der Waals surface area contributed by atoms with Crippen LogP contribution < -0.4 is 15.6 Å². The van der Waals surface area contributed by atoms with Gasteiger partial charge < -0.3 is 5.11 Å². The molecule has 4 N–H and O–H groups in total. The van der Waals surface area contributed by atoms with Crippen molar-refractivity contribution in [1.29, 1.82) is 0 Å². The van der Waals surface area contributed by atoms with E-state index in [9.17, 15) is 19.5 Å². The van der Waals surface area contributed by atoms with E-state index in [2.05, 4.69) is 26.9 Å². The molecule has 8 nitrogen and oxygen atoms in total. The number of carbonyl (C=O) groups excluding carboxylic acids is 1. The molecule has 0 fully saturated rings. The van der Waals surface area contributed by atoms with Gasteiger partial charge in [0.05, 0.1) is 11.3 Å². The molecule has 33 heavy (non-hydrogen) atoms. The molecule has 3 aromatic rings. The number of aromatic carboxylic acids is 1. The quantitative estimate of drug-likeness (QED) is 0.343. The number of aromatic amines is 1. The number of hydrogen-bond donors (Lipinski definition) is 4. The minimum atomic E-state index is -0.979. The van der Waals surface area contributed by atoms with Crippen molar-refractivity contribution in [3.63, 3.8) is 0 Å². The molecule has 3 rings (SSSR count). The smallest absolute Gasteiger partial charge is 0.336 e. The van der Waals surface area contributed by atoms with Gasteiger partial charge in [-0.25, -0.2) is 9.78 Å². The van der Waals surface area contributed by atoms with Crippen LogP contribution in [0.4, 0.5) is 10.7 Å². The number of carboxylic acids is 1. The Labute approximate surface area is 196 Å². The van der Waals surface area contributed by atoms with E-state index in [4.69, 9.17) is 0 Å². The number of carboxylic acid groups (broad SMARTS) is 1. The summed E-state index contributed by atoms with van der Waals surface area (Å²) in [5.74, 6) is -0.851. The molecule has 0 aliphatic rings. The number of aromatic nitrogens is 2. The highest BCUT2D eigenvalue weighted by atomic mass is 32.2. The molecule has 1 aromatic heterocycles. The van der Waals surface area contributed by atoms with Crippen LogP contribution in [0.2, 0.25) is 0 Å². The van der Waals surface area contributed by atoms with E-state index in [1.807, 2.05) is 24.3 Å². The van der Waals surface area contributed by atoms with Crippen molar-refractivity contribution in [2.45, 2.75) is 32.6 Å². The summed E-state index contributed by atoms with van der Waals surface area (Å²) >= 11 is 0.866. The molecule has 0 spiro atoms. The molecule has 0 aliphatic heterocycles. The predicted molar refractivity (Wildman–Crippen MR) is 131 cm³/mol. The van der Waals surface area contributed by atoms with E-state index < -0.39 is 5.97 Å². The van der Waals surface area contributed by atoms with Crippen molar-refractivity contribution in [2.75, 3.05) is 12.4 Å². The minimum absolute atomic E-state index is 0.128. The third-order valence-corrected chi connectivity index (χ3v) is 5.58. The zero-order valence-corrected chi connectivity index (χ0v) is 19.3. The van der Waals surface area contributed by atoms with Gasteiger partial charge in [0.2, 0.25) is 5.95 Å². The van der Waals surface area contributed by atoms with Gasteiger partial charge >= 0.3 is 11.2 Å². The van der Waals surface area contributed by atoms with Crippen LogP contribution in [-0.4, -0.2) is 33.3 Å². The number of H-pyrrole nitrogens is 1. The molecular formula is C24H26N4O4S. The van der Waals surface area contributed by atoms with Gasteiger partial charge in [-0.2, -0.15) is 0 Å². The molecule has 0 bridgehead atoms. The fraction of sp³-hybridized carbons (Fsp3) is 0.250. The molecule has 2 aromatic carbocycles. The fourth-order valence-corrected chi connectivity index (χ4v) is 3.81. The number of aryl methyl sites for hydroxylation is 1. The van der Waals surface area contributed by atoms with Gasteiger partial charge in [-0.15, -0.1) is 0 Å². The molecule has 9 heteroatoms. The van der Waals surface area contributed by atoms with Crippen molar-refractivity contribution in [1.82, 2.24) is 14.7 Å². The number of hydrogen-bond acceptors (Lipinski definition) is 6. The fourth-order valence-electron chi connectivity index (χ4n) is 3.48. The average molecular weight is 467 g/mol. The summed E-state index contributed by atoms with van der Waals surface area (Å²) in [4.78, 5) is 43.3. The van der Waals surface area contributed by atoms with Gasteiger partial charge in [0, 0.05) is 23.9 Å². The first kappa shape index (κ1) is 24.2. The summed E-state index contributed by atoms with van der Waals surface area (Å²) in [6, 6.07) is 14.3. The van der Waals surface area contributed by atoms with Crippen LogP contribution in [0.5, 0.6) is 0 Å². The standard InChI is InChI=1S/C24H26N4O4S/c1-3-4-9-20-19(21(29)27-23(26-20)28-24(32)33-25-2)14-15-10-12-16(13-11-15)17-7-5-6-8-18(17)22(30)31/h5-8,10-13,25H,3-4,9,14H2,1-2H3,(H,30,31)(H2,26,27,28,29,32). The Kier molecular flexibility index (Phi) is 8.39. The normalized spacial score (nSPS) is 10.7. The Hall–Kier alpha value is -3.43. The number of amides is 1. The number of nitrogens with one attached hydrogen (secondary N) is 3. The van der Waals surface area contributed by atoms with Crippen LogP contribution in [0.15, 0.2) is 53.3 Å². The van der Waals surface area contributed by atoms with Gasteiger partial charge in [0.25, 0.3) is 5.56 Å². The predicted octanol–water partition coefficient (Wildman–Crippen LogP) is 4.47. The second-order valence-corrected chi connectivity index (χ2v) is 8.37. The summed E-state index contributed by atoms with van der Waals surface area (Å²) < 4.78 is 2.67. The number of anilines is 1. The van der Waals surface area contributed by atoms with Gasteiger partial charge in [0.15, 0.2) is 0 Å². The lowest BCUT2D eigenvalue weighted by Crippen LogP contribution is -2.22. The van der Waals surface area contributed by atoms with E-state index in [0.717, 1.165) is 35.9 Å². The van der Waals surface area contributed by atoms with E-state index in [0.29, 0.717) is 29.7 Å². The van der Waals surface area contributed by atoms with Crippen LogP contribution in [0.25, 0.3) is 11.1 Å². The molecule has 0 unspecified atom stereocenters. The lowest BCUT2D eigenvalue weighted by molar-refractivity contribution is 0.0697. The van der Waals surface area contributed by atoms with E-state index in [1.165, 1.54) is 0 Å². The molecular weight excluding hydrogens is 440 g/mol. The van der Waals surface area contributed by atoms with Gasteiger partial charge in [-0.1, -0.05) is 55.8 Å². The zero-order chi connectivity index (χ0) is 23.8. The molecule has 0 saturated heterocycles. The van der Waals surface area contributed by atoms with Crippen molar-refractivity contribution in [2.24, 2.45) is 0 Å². The molecule has 172 valence electrons. The first-order valence-electron chi connectivity index (χ1n) is 10.6. The van der Waals surface area contributed by atoms with Crippen molar-refractivity contribution in [3.05, 3.63) is 81.3 Å². The minimum Gasteiger partial charge on any atom is -0.478 e. The van der Waals surface area contributed by atoms with Crippen LogP contribution in [0.3, 0.4) is 0 Å². The second kappa shape index (κ2) is 11.4. The molecule has 0 saturated carbocycles.